The molecule has 4 rings (SSSR count). The summed E-state index contributed by atoms with van der Waals surface area (Å²) in [5, 5.41) is 23.5. The van der Waals surface area contributed by atoms with E-state index in [-0.39, 0.29) is 34.8 Å². The van der Waals surface area contributed by atoms with E-state index >= 15 is 0 Å². The second-order valence-corrected chi connectivity index (χ2v) is 5.81. The number of hydrogen-bond donors (Lipinski definition) is 4. The first kappa shape index (κ1) is 16.1. The highest BCUT2D eigenvalue weighted by atomic mass is 16.1. The average molecular weight is 357 g/mol. The Morgan fingerprint density at radius 3 is 2.81 bits per heavy atom. The molecule has 2 aromatic rings. The van der Waals surface area contributed by atoms with Crippen LogP contribution in [-0.4, -0.2) is 23.1 Å². The molecule has 3 heterocycles. The normalized spacial score (nSPS) is 16.4. The molecule has 130 valence electrons. The second kappa shape index (κ2) is 5.82. The maximum absolute atomic E-state index is 11.9. The smallest absolute Gasteiger partial charge is 0.277 e. The zero-order chi connectivity index (χ0) is 19.1. The fourth-order valence-electron chi connectivity index (χ4n) is 3.06. The number of benzene rings is 1. The van der Waals surface area contributed by atoms with Gasteiger partial charge in [-0.25, -0.2) is 15.0 Å². The standard InChI is InChI=1S/C17H11N9O/c18-4-10-12(20)11-13(7-1-2-8-5-22-16(27)9(8)3-7)24-17(23-6-19)26-15(11)25-14(10)21/h1-3,5,13H,(H6,20,21,23,24,25,26). The van der Waals surface area contributed by atoms with Gasteiger partial charge < -0.3 is 16.8 Å². The predicted octanol–water partition coefficient (Wildman–Crippen LogP) is 0.632. The molecule has 1 aromatic carbocycles. The van der Waals surface area contributed by atoms with Crippen molar-refractivity contribution in [2.24, 2.45) is 9.98 Å². The van der Waals surface area contributed by atoms with Crippen LogP contribution in [0.1, 0.15) is 38.7 Å². The van der Waals surface area contributed by atoms with Gasteiger partial charge in [0.1, 0.15) is 29.3 Å². The van der Waals surface area contributed by atoms with Crippen LogP contribution in [0.4, 0.5) is 17.3 Å². The van der Waals surface area contributed by atoms with Crippen molar-refractivity contribution < 1.29 is 4.79 Å². The number of rotatable bonds is 1. The van der Waals surface area contributed by atoms with Crippen molar-refractivity contribution in [3.8, 4) is 12.3 Å². The Morgan fingerprint density at radius 2 is 2.07 bits per heavy atom. The number of pyridine rings is 1. The minimum absolute atomic E-state index is 0.0317. The maximum Gasteiger partial charge on any atom is 0.277 e. The highest BCUT2D eigenvalue weighted by Crippen LogP contribution is 2.40. The van der Waals surface area contributed by atoms with Crippen molar-refractivity contribution in [3.05, 3.63) is 46.0 Å². The number of amides is 1. The third-order valence-electron chi connectivity index (χ3n) is 4.30. The van der Waals surface area contributed by atoms with Crippen LogP contribution in [0.15, 0.2) is 28.2 Å². The van der Waals surface area contributed by atoms with Crippen molar-refractivity contribution in [1.82, 2.24) is 10.3 Å². The number of carbonyl (C=O) groups excluding carboxylic acids is 1. The van der Waals surface area contributed by atoms with E-state index in [9.17, 15) is 10.1 Å². The van der Waals surface area contributed by atoms with E-state index in [0.29, 0.717) is 22.3 Å². The fraction of sp³-hybridized carbons (Fsp3) is 0.0588. The summed E-state index contributed by atoms with van der Waals surface area (Å²) >= 11 is 0. The van der Waals surface area contributed by atoms with Crippen LogP contribution in [0.3, 0.4) is 0 Å². The SMILES string of the molecule is N#CNC1=NC(c2ccc3c(c2)C(=O)N=C3)c2c(nc(N)c(C#N)c2N)N1. The van der Waals surface area contributed by atoms with Gasteiger partial charge in [0.2, 0.25) is 5.96 Å². The molecule has 2 aliphatic rings. The zero-order valence-corrected chi connectivity index (χ0v) is 13.7. The van der Waals surface area contributed by atoms with Crippen LogP contribution >= 0.6 is 0 Å². The highest BCUT2D eigenvalue weighted by molar-refractivity contribution is 6.13. The van der Waals surface area contributed by atoms with E-state index < -0.39 is 6.04 Å². The summed E-state index contributed by atoms with van der Waals surface area (Å²) < 4.78 is 0. The molecule has 10 heteroatoms. The minimum Gasteiger partial charge on any atom is -0.397 e. The molecule has 0 radical (unpaired) electrons. The van der Waals surface area contributed by atoms with Crippen LogP contribution in [0.25, 0.3) is 0 Å². The number of nitrogens with one attached hydrogen (secondary N) is 2. The lowest BCUT2D eigenvalue weighted by Crippen LogP contribution is -2.32. The average Bonchev–Trinajstić information content (AvgIpc) is 3.02. The van der Waals surface area contributed by atoms with Crippen molar-refractivity contribution >= 4 is 35.4 Å². The van der Waals surface area contributed by atoms with Gasteiger partial charge >= 0.3 is 0 Å². The molecule has 27 heavy (non-hydrogen) atoms. The molecule has 10 nitrogen and oxygen atoms in total. The van der Waals surface area contributed by atoms with Crippen molar-refractivity contribution in [1.29, 1.82) is 10.5 Å². The van der Waals surface area contributed by atoms with E-state index in [0.717, 1.165) is 0 Å². The number of aliphatic imine (C=N–C) groups is 2. The second-order valence-electron chi connectivity index (χ2n) is 5.81. The minimum atomic E-state index is -0.698. The number of carbonyl (C=O) groups is 1. The monoisotopic (exact) mass is 357 g/mol. The summed E-state index contributed by atoms with van der Waals surface area (Å²) in [7, 11) is 0. The maximum atomic E-state index is 11.9. The Balaban J connectivity index is 1.93. The van der Waals surface area contributed by atoms with Gasteiger partial charge in [0.15, 0.2) is 6.19 Å². The number of nitrogens with zero attached hydrogens (tertiary/aromatic N) is 5. The summed E-state index contributed by atoms with van der Waals surface area (Å²) in [6, 6.07) is 6.43. The van der Waals surface area contributed by atoms with Crippen LogP contribution in [-0.2, 0) is 0 Å². The van der Waals surface area contributed by atoms with E-state index in [1.54, 1.807) is 24.4 Å². The van der Waals surface area contributed by atoms with Crippen LogP contribution in [0.5, 0.6) is 0 Å². The molecule has 0 fully saturated rings. The number of guanidine groups is 1. The van der Waals surface area contributed by atoms with E-state index in [2.05, 4.69) is 25.6 Å². The highest BCUT2D eigenvalue weighted by Gasteiger charge is 2.30. The summed E-state index contributed by atoms with van der Waals surface area (Å²) in [5.41, 5.74) is 14.4. The topological polar surface area (TPSA) is 178 Å². The lowest BCUT2D eigenvalue weighted by molar-refractivity contribution is 0.101. The number of aromatic nitrogens is 1. The summed E-state index contributed by atoms with van der Waals surface area (Å²) in [6.45, 7) is 0. The van der Waals surface area contributed by atoms with Crippen molar-refractivity contribution in [2.75, 3.05) is 16.8 Å². The Bertz CT molecular complexity index is 1150. The molecular formula is C17H11N9O. The van der Waals surface area contributed by atoms with Gasteiger partial charge in [0, 0.05) is 17.3 Å². The van der Waals surface area contributed by atoms with Crippen molar-refractivity contribution in [2.45, 2.75) is 6.04 Å². The van der Waals surface area contributed by atoms with Gasteiger partial charge in [-0.3, -0.25) is 10.1 Å². The molecule has 0 saturated heterocycles. The van der Waals surface area contributed by atoms with Crippen LogP contribution < -0.4 is 22.1 Å². The van der Waals surface area contributed by atoms with E-state index in [4.69, 9.17) is 16.7 Å². The number of fused-ring (bicyclic) bond motifs is 2. The molecule has 1 unspecified atom stereocenters. The zero-order valence-electron chi connectivity index (χ0n) is 13.7. The predicted molar refractivity (Wildman–Crippen MR) is 97.8 cm³/mol. The van der Waals surface area contributed by atoms with Gasteiger partial charge in [-0.1, -0.05) is 12.1 Å². The number of nitrogens with two attached hydrogens (primary N) is 2. The van der Waals surface area contributed by atoms with E-state index in [1.165, 1.54) is 6.21 Å². The van der Waals surface area contributed by atoms with Crippen LogP contribution in [0.2, 0.25) is 0 Å². The summed E-state index contributed by atoms with van der Waals surface area (Å²) in [4.78, 5) is 24.3. The molecule has 0 bridgehead atoms. The Kier molecular flexibility index (Phi) is 3.46. The number of anilines is 3. The summed E-state index contributed by atoms with van der Waals surface area (Å²) in [5.74, 6) is 0.0520. The van der Waals surface area contributed by atoms with Gasteiger partial charge in [-0.05, 0) is 11.6 Å². The lowest BCUT2D eigenvalue weighted by atomic mass is 9.93. The molecule has 0 aliphatic carbocycles. The Morgan fingerprint density at radius 1 is 1.26 bits per heavy atom. The lowest BCUT2D eigenvalue weighted by Gasteiger charge is -2.26. The molecule has 6 N–H and O–H groups in total. The van der Waals surface area contributed by atoms with Gasteiger partial charge in [0.25, 0.3) is 5.91 Å². The number of nitriles is 2. The largest absolute Gasteiger partial charge is 0.397 e. The quantitative estimate of drug-likeness (QED) is 0.424. The molecular weight excluding hydrogens is 346 g/mol. The molecule has 2 aliphatic heterocycles. The molecule has 1 amide bonds. The molecule has 1 aromatic heterocycles. The van der Waals surface area contributed by atoms with Crippen LogP contribution in [0, 0.1) is 22.8 Å². The van der Waals surface area contributed by atoms with Gasteiger partial charge in [-0.2, -0.15) is 10.5 Å². The molecule has 0 spiro atoms. The molecule has 0 saturated carbocycles. The summed E-state index contributed by atoms with van der Waals surface area (Å²) in [6.07, 6.45) is 3.27. The third-order valence-corrected chi connectivity index (χ3v) is 4.30. The first-order chi connectivity index (χ1) is 13.0. The molecule has 1 atom stereocenters. The third kappa shape index (κ3) is 2.41. The Hall–Kier alpha value is -4.44. The fourth-order valence-corrected chi connectivity index (χ4v) is 3.06. The number of hydrogen-bond acceptors (Lipinski definition) is 9. The number of nitrogen functional groups attached to an aromatic ring is 2. The van der Waals surface area contributed by atoms with E-state index in [1.807, 2.05) is 6.07 Å². The first-order valence-corrected chi connectivity index (χ1v) is 7.74. The Labute approximate surface area is 152 Å². The van der Waals surface area contributed by atoms with Gasteiger partial charge in [0.05, 0.1) is 11.3 Å². The van der Waals surface area contributed by atoms with Gasteiger partial charge in [-0.15, -0.1) is 0 Å². The van der Waals surface area contributed by atoms with Crippen molar-refractivity contribution in [3.63, 3.8) is 0 Å². The first-order valence-electron chi connectivity index (χ1n) is 7.74.